The molecule has 1 aromatic heterocycles. The average molecular weight is 216 g/mol. The Hall–Kier alpha value is -1.23. The molecule has 0 aromatic carbocycles. The van der Waals surface area contributed by atoms with Gasteiger partial charge in [-0.3, -0.25) is 0 Å². The number of halogens is 2. The third-order valence-corrected chi connectivity index (χ3v) is 2.01. The number of rotatable bonds is 5. The molecule has 0 aliphatic rings. The summed E-state index contributed by atoms with van der Waals surface area (Å²) in [5, 5.41) is 2.72. The maximum absolute atomic E-state index is 12.2. The van der Waals surface area contributed by atoms with E-state index in [4.69, 9.17) is 4.74 Å². The molecular weight excluding hydrogens is 202 g/mol. The Balaban J connectivity index is 2.50. The molecule has 0 aliphatic carbocycles. The number of pyridine rings is 1. The summed E-state index contributed by atoms with van der Waals surface area (Å²) in [7, 11) is 1.52. The number of hydrogen-bond acceptors (Lipinski definition) is 3. The van der Waals surface area contributed by atoms with E-state index in [1.165, 1.54) is 14.0 Å². The van der Waals surface area contributed by atoms with Crippen LogP contribution in [0.5, 0.6) is 5.88 Å². The van der Waals surface area contributed by atoms with Gasteiger partial charge in [0.2, 0.25) is 5.88 Å². The zero-order valence-electron chi connectivity index (χ0n) is 8.71. The molecule has 0 saturated heterocycles. The Morgan fingerprint density at radius 1 is 1.53 bits per heavy atom. The predicted octanol–water partition coefficient (Wildman–Crippen LogP) is 1.83. The van der Waals surface area contributed by atoms with Gasteiger partial charge in [0.05, 0.1) is 13.2 Å². The van der Waals surface area contributed by atoms with E-state index in [9.17, 15) is 8.78 Å². The van der Waals surface area contributed by atoms with E-state index < -0.39 is 12.5 Å². The van der Waals surface area contributed by atoms with Crippen LogP contribution >= 0.6 is 0 Å². The third kappa shape index (κ3) is 3.79. The van der Waals surface area contributed by atoms with E-state index in [-0.39, 0.29) is 0 Å². The molecule has 0 bridgehead atoms. The molecule has 1 unspecified atom stereocenters. The third-order valence-electron chi connectivity index (χ3n) is 2.01. The van der Waals surface area contributed by atoms with Gasteiger partial charge >= 0.3 is 0 Å². The quantitative estimate of drug-likeness (QED) is 0.815. The standard InChI is InChI=1S/C10H14F2N2O/c1-7(10(11)12)14-6-8-3-4-13-9(5-8)15-2/h3-5,7,10,14H,6H2,1-2H3. The van der Waals surface area contributed by atoms with Gasteiger partial charge in [0.25, 0.3) is 6.43 Å². The van der Waals surface area contributed by atoms with Crippen LogP contribution in [-0.4, -0.2) is 24.6 Å². The van der Waals surface area contributed by atoms with Crippen LogP contribution in [0.3, 0.4) is 0 Å². The molecule has 5 heteroatoms. The van der Waals surface area contributed by atoms with Crippen LogP contribution < -0.4 is 10.1 Å². The van der Waals surface area contributed by atoms with E-state index >= 15 is 0 Å². The molecule has 0 spiro atoms. The minimum absolute atomic E-state index is 0.379. The summed E-state index contributed by atoms with van der Waals surface area (Å²) < 4.78 is 29.3. The lowest BCUT2D eigenvalue weighted by Gasteiger charge is -2.12. The van der Waals surface area contributed by atoms with Crippen LogP contribution in [0.25, 0.3) is 0 Å². The Kier molecular flexibility index (Phi) is 4.42. The second-order valence-corrected chi connectivity index (χ2v) is 3.21. The number of nitrogens with zero attached hydrogens (tertiary/aromatic N) is 1. The Morgan fingerprint density at radius 3 is 2.87 bits per heavy atom. The van der Waals surface area contributed by atoms with Crippen LogP contribution in [-0.2, 0) is 6.54 Å². The van der Waals surface area contributed by atoms with E-state index in [1.807, 2.05) is 0 Å². The molecule has 3 nitrogen and oxygen atoms in total. The van der Waals surface area contributed by atoms with Crippen molar-refractivity contribution in [3.05, 3.63) is 23.9 Å². The summed E-state index contributed by atoms with van der Waals surface area (Å²) in [6.07, 6.45) is -0.767. The van der Waals surface area contributed by atoms with Crippen molar-refractivity contribution in [1.29, 1.82) is 0 Å². The molecule has 1 aromatic rings. The first-order valence-electron chi connectivity index (χ1n) is 4.64. The van der Waals surface area contributed by atoms with Crippen molar-refractivity contribution in [1.82, 2.24) is 10.3 Å². The molecule has 84 valence electrons. The number of nitrogens with one attached hydrogen (secondary N) is 1. The van der Waals surface area contributed by atoms with E-state index in [2.05, 4.69) is 10.3 Å². The summed E-state index contributed by atoms with van der Waals surface area (Å²) in [5.74, 6) is 0.485. The summed E-state index contributed by atoms with van der Waals surface area (Å²) in [4.78, 5) is 3.92. The lowest BCUT2D eigenvalue weighted by Crippen LogP contribution is -2.31. The number of ether oxygens (including phenoxy) is 1. The van der Waals surface area contributed by atoms with Gasteiger partial charge < -0.3 is 10.1 Å². The fourth-order valence-corrected chi connectivity index (χ4v) is 1.04. The topological polar surface area (TPSA) is 34.1 Å². The minimum atomic E-state index is -2.35. The smallest absolute Gasteiger partial charge is 0.253 e. The highest BCUT2D eigenvalue weighted by Gasteiger charge is 2.13. The fraction of sp³-hybridized carbons (Fsp3) is 0.500. The molecule has 1 heterocycles. The molecule has 1 N–H and O–H groups in total. The lowest BCUT2D eigenvalue weighted by atomic mass is 10.2. The fourth-order valence-electron chi connectivity index (χ4n) is 1.04. The van der Waals surface area contributed by atoms with Crippen molar-refractivity contribution in [3.8, 4) is 5.88 Å². The molecule has 0 amide bonds. The second-order valence-electron chi connectivity index (χ2n) is 3.21. The maximum Gasteiger partial charge on any atom is 0.253 e. The van der Waals surface area contributed by atoms with Crippen molar-refractivity contribution < 1.29 is 13.5 Å². The molecule has 0 fully saturated rings. The van der Waals surface area contributed by atoms with Gasteiger partial charge in [-0.15, -0.1) is 0 Å². The highest BCUT2D eigenvalue weighted by Crippen LogP contribution is 2.09. The predicted molar refractivity (Wildman–Crippen MR) is 53.1 cm³/mol. The van der Waals surface area contributed by atoms with Crippen molar-refractivity contribution in [2.45, 2.75) is 25.9 Å². The average Bonchev–Trinajstić information content (AvgIpc) is 2.26. The monoisotopic (exact) mass is 216 g/mol. The SMILES string of the molecule is COc1cc(CNC(C)C(F)F)ccn1. The molecule has 0 saturated carbocycles. The largest absolute Gasteiger partial charge is 0.481 e. The Labute approximate surface area is 87.5 Å². The van der Waals surface area contributed by atoms with Crippen LogP contribution in [0.4, 0.5) is 8.78 Å². The van der Waals surface area contributed by atoms with Gasteiger partial charge in [0.15, 0.2) is 0 Å². The minimum Gasteiger partial charge on any atom is -0.481 e. The Bertz CT molecular complexity index is 307. The van der Waals surface area contributed by atoms with Gasteiger partial charge in [-0.1, -0.05) is 0 Å². The van der Waals surface area contributed by atoms with Crippen molar-refractivity contribution in [2.24, 2.45) is 0 Å². The molecule has 1 rings (SSSR count). The molecule has 0 radical (unpaired) electrons. The number of alkyl halides is 2. The van der Waals surface area contributed by atoms with Gasteiger partial charge in [-0.05, 0) is 18.6 Å². The van der Waals surface area contributed by atoms with Crippen molar-refractivity contribution in [3.63, 3.8) is 0 Å². The van der Waals surface area contributed by atoms with E-state index in [0.717, 1.165) is 5.56 Å². The van der Waals surface area contributed by atoms with Crippen LogP contribution in [0.1, 0.15) is 12.5 Å². The summed E-state index contributed by atoms with van der Waals surface area (Å²) >= 11 is 0. The second kappa shape index (κ2) is 5.60. The zero-order chi connectivity index (χ0) is 11.3. The maximum atomic E-state index is 12.2. The number of methoxy groups -OCH3 is 1. The first-order chi connectivity index (χ1) is 7.13. The van der Waals surface area contributed by atoms with Crippen LogP contribution in [0.15, 0.2) is 18.3 Å². The molecule has 15 heavy (non-hydrogen) atoms. The summed E-state index contributed by atoms with van der Waals surface area (Å²) in [5.41, 5.74) is 0.870. The van der Waals surface area contributed by atoms with Gasteiger partial charge in [0, 0.05) is 18.8 Å². The van der Waals surface area contributed by atoms with E-state index in [1.54, 1.807) is 18.3 Å². The summed E-state index contributed by atoms with van der Waals surface area (Å²) in [6, 6.07) is 2.66. The number of hydrogen-bond donors (Lipinski definition) is 1. The van der Waals surface area contributed by atoms with Crippen molar-refractivity contribution >= 4 is 0 Å². The number of aromatic nitrogens is 1. The zero-order valence-corrected chi connectivity index (χ0v) is 8.71. The molecule has 0 aliphatic heterocycles. The highest BCUT2D eigenvalue weighted by atomic mass is 19.3. The van der Waals surface area contributed by atoms with Crippen molar-refractivity contribution in [2.75, 3.05) is 7.11 Å². The first kappa shape index (κ1) is 11.8. The Morgan fingerprint density at radius 2 is 2.27 bits per heavy atom. The van der Waals surface area contributed by atoms with E-state index in [0.29, 0.717) is 12.4 Å². The van der Waals surface area contributed by atoms with Crippen LogP contribution in [0.2, 0.25) is 0 Å². The van der Waals surface area contributed by atoms with Gasteiger partial charge in [-0.25, -0.2) is 13.8 Å². The highest BCUT2D eigenvalue weighted by molar-refractivity contribution is 5.20. The first-order valence-corrected chi connectivity index (χ1v) is 4.64. The molecule has 1 atom stereocenters. The lowest BCUT2D eigenvalue weighted by molar-refractivity contribution is 0.105. The molecular formula is C10H14F2N2O. The van der Waals surface area contributed by atoms with Gasteiger partial charge in [-0.2, -0.15) is 0 Å². The van der Waals surface area contributed by atoms with Crippen LogP contribution in [0, 0.1) is 0 Å². The van der Waals surface area contributed by atoms with Gasteiger partial charge in [0.1, 0.15) is 0 Å². The normalized spacial score (nSPS) is 12.9. The summed E-state index contributed by atoms with van der Waals surface area (Å²) in [6.45, 7) is 1.83.